The van der Waals surface area contributed by atoms with E-state index in [4.69, 9.17) is 0 Å². The fourth-order valence-corrected chi connectivity index (χ4v) is 1.77. The van der Waals surface area contributed by atoms with Gasteiger partial charge in [-0.1, -0.05) is 19.8 Å². The first-order valence-corrected chi connectivity index (χ1v) is 5.85. The van der Waals surface area contributed by atoms with Crippen LogP contribution in [0.4, 0.5) is 0 Å². The molecule has 17 heavy (non-hydrogen) atoms. The Hall–Kier alpha value is 1.17. The average molecular weight is 317 g/mol. The first kappa shape index (κ1) is 23.3. The molecule has 0 aliphatic carbocycles. The first-order chi connectivity index (χ1) is 6.79. The van der Waals surface area contributed by atoms with Crippen LogP contribution in [-0.4, -0.2) is 50.7 Å². The molecule has 1 unspecified atom stereocenters. The standard InChI is InChI=1S/C11H24N3.2ClH.Ti/c1-11-5-8-12-6-3-9-14(2)10-4-7-13-11;;;/h11-12H,3-10H2,1-2H3;2*1H;/q-1;;;+3/p-2. The molecule has 0 saturated carbocycles. The Morgan fingerprint density at radius 3 is 2.47 bits per heavy atom. The van der Waals surface area contributed by atoms with Gasteiger partial charge in [0.15, 0.2) is 0 Å². The topological polar surface area (TPSA) is 29.4 Å². The molecule has 3 nitrogen and oxygen atoms in total. The summed E-state index contributed by atoms with van der Waals surface area (Å²) in [6.07, 6.45) is 3.67. The monoisotopic (exact) mass is 316 g/mol. The molecule has 1 aliphatic rings. The summed E-state index contributed by atoms with van der Waals surface area (Å²) in [5.41, 5.74) is 0. The summed E-state index contributed by atoms with van der Waals surface area (Å²) < 4.78 is 0. The van der Waals surface area contributed by atoms with Crippen LogP contribution in [0.15, 0.2) is 0 Å². The number of rotatable bonds is 0. The third-order valence-electron chi connectivity index (χ3n) is 2.77. The molecule has 0 amide bonds. The van der Waals surface area contributed by atoms with Crippen LogP contribution in [0.3, 0.4) is 0 Å². The number of nitrogens with zero attached hydrogens (tertiary/aromatic N) is 2. The number of halogens is 2. The van der Waals surface area contributed by atoms with Gasteiger partial charge in [0.05, 0.1) is 0 Å². The smallest absolute Gasteiger partial charge is 1.00 e. The summed E-state index contributed by atoms with van der Waals surface area (Å²) in [4.78, 5) is 2.41. The quantitative estimate of drug-likeness (QED) is 0.456. The second-order valence-corrected chi connectivity index (χ2v) is 4.30. The third kappa shape index (κ3) is 13.4. The van der Waals surface area contributed by atoms with Crippen molar-refractivity contribution in [1.82, 2.24) is 10.2 Å². The van der Waals surface area contributed by atoms with Crippen molar-refractivity contribution in [2.24, 2.45) is 0 Å². The van der Waals surface area contributed by atoms with Crippen molar-refractivity contribution in [3.8, 4) is 0 Å². The Balaban J connectivity index is -0.000000653. The van der Waals surface area contributed by atoms with E-state index in [9.17, 15) is 0 Å². The number of hydrogen-bond donors (Lipinski definition) is 1. The van der Waals surface area contributed by atoms with Crippen molar-refractivity contribution >= 4 is 0 Å². The Morgan fingerprint density at radius 2 is 1.76 bits per heavy atom. The van der Waals surface area contributed by atoms with Gasteiger partial charge in [0.2, 0.25) is 0 Å². The van der Waals surface area contributed by atoms with E-state index >= 15 is 0 Å². The Labute approximate surface area is 134 Å². The van der Waals surface area contributed by atoms with Crippen molar-refractivity contribution in [3.63, 3.8) is 0 Å². The van der Waals surface area contributed by atoms with Gasteiger partial charge in [-0.25, -0.2) is 0 Å². The largest absolute Gasteiger partial charge is 3.00 e. The molecule has 6 heteroatoms. The zero-order valence-corrected chi connectivity index (χ0v) is 14.0. The normalized spacial score (nSPS) is 24.0. The molecular formula is C11H24Cl2N3Ti. The molecule has 1 saturated heterocycles. The van der Waals surface area contributed by atoms with Crippen molar-refractivity contribution in [3.05, 3.63) is 5.32 Å². The maximum atomic E-state index is 4.63. The van der Waals surface area contributed by atoms with E-state index in [0.29, 0.717) is 6.04 Å². The van der Waals surface area contributed by atoms with Gasteiger partial charge >= 0.3 is 21.7 Å². The van der Waals surface area contributed by atoms with E-state index in [1.807, 2.05) is 0 Å². The van der Waals surface area contributed by atoms with Crippen molar-refractivity contribution in [2.45, 2.75) is 32.2 Å². The van der Waals surface area contributed by atoms with Crippen LogP contribution in [0.5, 0.6) is 0 Å². The Morgan fingerprint density at radius 1 is 1.12 bits per heavy atom. The van der Waals surface area contributed by atoms with Crippen LogP contribution in [0.25, 0.3) is 5.32 Å². The molecule has 1 N–H and O–H groups in total. The zero-order valence-electron chi connectivity index (χ0n) is 10.9. The molecule has 1 radical (unpaired) electrons. The van der Waals surface area contributed by atoms with Gasteiger partial charge in [-0.2, -0.15) is 0 Å². The summed E-state index contributed by atoms with van der Waals surface area (Å²) >= 11 is 0. The summed E-state index contributed by atoms with van der Waals surface area (Å²) in [7, 11) is 2.20. The molecule has 1 atom stereocenters. The van der Waals surface area contributed by atoms with E-state index in [1.54, 1.807) is 0 Å². The van der Waals surface area contributed by atoms with Gasteiger partial charge in [0.1, 0.15) is 0 Å². The van der Waals surface area contributed by atoms with E-state index in [2.05, 4.69) is 29.5 Å². The minimum atomic E-state index is 0. The Bertz CT molecular complexity index is 137. The number of hydrogen-bond acceptors (Lipinski definition) is 2. The summed E-state index contributed by atoms with van der Waals surface area (Å²) in [5, 5.41) is 8.09. The van der Waals surface area contributed by atoms with Gasteiger partial charge in [-0.3, -0.25) is 0 Å². The molecule has 0 spiro atoms. The first-order valence-electron chi connectivity index (χ1n) is 5.85. The second kappa shape index (κ2) is 15.2. The zero-order chi connectivity index (χ0) is 10.2. The molecular weight excluding hydrogens is 293 g/mol. The van der Waals surface area contributed by atoms with Gasteiger partial charge in [0.25, 0.3) is 0 Å². The molecule has 1 heterocycles. The van der Waals surface area contributed by atoms with Crippen LogP contribution < -0.4 is 30.1 Å². The maximum Gasteiger partial charge on any atom is 3.00 e. The Kier molecular flexibility index (Phi) is 20.9. The summed E-state index contributed by atoms with van der Waals surface area (Å²) in [6, 6.07) is 0.534. The molecule has 101 valence electrons. The maximum absolute atomic E-state index is 4.63. The molecule has 0 aromatic heterocycles. The SMILES string of the molecule is CC1CCNCCCN(C)CCC[N-]1.[Cl-].[Cl-].[Ti+3]. The van der Waals surface area contributed by atoms with Crippen LogP contribution in [-0.2, 0) is 21.7 Å². The molecule has 0 aromatic rings. The van der Waals surface area contributed by atoms with Crippen molar-refractivity contribution < 1.29 is 46.5 Å². The fourth-order valence-electron chi connectivity index (χ4n) is 1.77. The predicted molar refractivity (Wildman–Crippen MR) is 61.9 cm³/mol. The molecule has 0 aromatic carbocycles. The average Bonchev–Trinajstić information content (AvgIpc) is 2.16. The van der Waals surface area contributed by atoms with Crippen molar-refractivity contribution in [1.29, 1.82) is 0 Å². The van der Waals surface area contributed by atoms with Gasteiger partial charge in [-0.05, 0) is 39.6 Å². The molecule has 1 rings (SSSR count). The molecule has 1 aliphatic heterocycles. The third-order valence-corrected chi connectivity index (χ3v) is 2.77. The predicted octanol–water partition coefficient (Wildman–Crippen LogP) is -4.54. The van der Waals surface area contributed by atoms with Crippen LogP contribution in [0.2, 0.25) is 0 Å². The van der Waals surface area contributed by atoms with Gasteiger partial charge in [0, 0.05) is 0 Å². The van der Waals surface area contributed by atoms with E-state index in [-0.39, 0.29) is 46.5 Å². The van der Waals surface area contributed by atoms with Crippen molar-refractivity contribution in [2.75, 3.05) is 39.8 Å². The van der Waals surface area contributed by atoms with Crippen LogP contribution in [0.1, 0.15) is 26.2 Å². The minimum absolute atomic E-state index is 0. The second-order valence-electron chi connectivity index (χ2n) is 4.30. The van der Waals surface area contributed by atoms with E-state index < -0.39 is 0 Å². The summed E-state index contributed by atoms with van der Waals surface area (Å²) in [5.74, 6) is 0. The van der Waals surface area contributed by atoms with Gasteiger partial charge in [-0.15, -0.1) is 12.6 Å². The van der Waals surface area contributed by atoms with Crippen LogP contribution >= 0.6 is 0 Å². The van der Waals surface area contributed by atoms with Gasteiger partial charge < -0.3 is 40.3 Å². The molecule has 0 bridgehead atoms. The van der Waals surface area contributed by atoms with E-state index in [0.717, 1.165) is 19.6 Å². The minimum Gasteiger partial charge on any atom is -1.00 e. The molecule has 1 fully saturated rings. The summed E-state index contributed by atoms with van der Waals surface area (Å²) in [6.45, 7) is 7.92. The number of nitrogens with one attached hydrogen (secondary N) is 1. The van der Waals surface area contributed by atoms with Crippen LogP contribution in [0, 0.1) is 0 Å². The van der Waals surface area contributed by atoms with E-state index in [1.165, 1.54) is 32.4 Å². The fraction of sp³-hybridized carbons (Fsp3) is 1.00.